The molecule has 0 amide bonds. The summed E-state index contributed by atoms with van der Waals surface area (Å²) >= 11 is 0. The number of aliphatic imine (C=N–C) groups is 1. The van der Waals surface area contributed by atoms with Gasteiger partial charge in [0.2, 0.25) is 0 Å². The van der Waals surface area contributed by atoms with Crippen LogP contribution in [-0.4, -0.2) is 39.2 Å². The number of aryl methyl sites for hydroxylation is 2. The van der Waals surface area contributed by atoms with Crippen molar-refractivity contribution in [3.63, 3.8) is 0 Å². The highest BCUT2D eigenvalue weighted by atomic mass is 16.6. The first kappa shape index (κ1) is 30.7. The van der Waals surface area contributed by atoms with Crippen LogP contribution in [0.1, 0.15) is 84.7 Å². The predicted molar refractivity (Wildman–Crippen MR) is 166 cm³/mol. The summed E-state index contributed by atoms with van der Waals surface area (Å²) in [6, 6.07) is 16.1. The van der Waals surface area contributed by atoms with Crippen LogP contribution >= 0.6 is 0 Å². The van der Waals surface area contributed by atoms with E-state index in [2.05, 4.69) is 21.6 Å². The Labute approximate surface area is 255 Å². The van der Waals surface area contributed by atoms with Gasteiger partial charge in [-0.25, -0.2) is 14.6 Å². The monoisotopic (exact) mass is 599 g/mol. The second kappa shape index (κ2) is 13.3. The average Bonchev–Trinajstić information content (AvgIpc) is 3.40. The number of hydrazone groups is 1. The van der Waals surface area contributed by atoms with Crippen LogP contribution < -0.4 is 11.2 Å². The Hall–Kier alpha value is -4.77. The lowest BCUT2D eigenvalue weighted by atomic mass is 9.97. The first-order valence-electron chi connectivity index (χ1n) is 14.8. The molecule has 230 valence electrons. The molecule has 1 aliphatic rings. The SMILES string of the molecule is CCCc1nc(C(C)(O)CC)c(C(=O)OCc2oc(=O)oc2C)n1Cc1ccc(-c2ccccc2C2=NCCC=NN2)cc1. The van der Waals surface area contributed by atoms with Gasteiger partial charge in [0.15, 0.2) is 23.8 Å². The maximum atomic E-state index is 13.6. The number of aromatic nitrogens is 2. The summed E-state index contributed by atoms with van der Waals surface area (Å²) < 4.78 is 17.3. The van der Waals surface area contributed by atoms with Crippen molar-refractivity contribution in [2.75, 3.05) is 6.54 Å². The van der Waals surface area contributed by atoms with E-state index in [0.29, 0.717) is 31.8 Å². The van der Waals surface area contributed by atoms with Gasteiger partial charge in [-0.3, -0.25) is 10.4 Å². The number of ether oxygens (including phenoxy) is 1. The highest BCUT2D eigenvalue weighted by Crippen LogP contribution is 2.31. The van der Waals surface area contributed by atoms with Gasteiger partial charge in [0.1, 0.15) is 23.0 Å². The Balaban J connectivity index is 1.48. The van der Waals surface area contributed by atoms with Crippen LogP contribution in [-0.2, 0) is 29.9 Å². The molecule has 0 saturated carbocycles. The fourth-order valence-electron chi connectivity index (χ4n) is 5.04. The molecular weight excluding hydrogens is 562 g/mol. The van der Waals surface area contributed by atoms with Crippen LogP contribution in [0.15, 0.2) is 72.3 Å². The van der Waals surface area contributed by atoms with Crippen molar-refractivity contribution in [2.45, 2.75) is 72.1 Å². The van der Waals surface area contributed by atoms with E-state index in [1.54, 1.807) is 13.8 Å². The maximum absolute atomic E-state index is 13.6. The molecule has 2 N–H and O–H groups in total. The zero-order valence-corrected chi connectivity index (χ0v) is 25.4. The highest BCUT2D eigenvalue weighted by Gasteiger charge is 2.35. The number of imidazole rings is 1. The number of carbonyl (C=O) groups excluding carboxylic acids is 1. The molecule has 2 aromatic heterocycles. The quantitative estimate of drug-likeness (QED) is 0.227. The molecule has 11 nitrogen and oxygen atoms in total. The summed E-state index contributed by atoms with van der Waals surface area (Å²) in [6.07, 6.45) is 4.33. The molecule has 0 aliphatic carbocycles. The third-order valence-electron chi connectivity index (χ3n) is 7.66. The lowest BCUT2D eigenvalue weighted by molar-refractivity contribution is 0.0345. The Morgan fingerprint density at radius 2 is 1.86 bits per heavy atom. The summed E-state index contributed by atoms with van der Waals surface area (Å²) in [5.74, 6) is 0.208. The van der Waals surface area contributed by atoms with Crippen LogP contribution in [0.5, 0.6) is 0 Å². The fraction of sp³-hybridized carbons (Fsp3) is 0.364. The number of nitrogens with zero attached hydrogens (tertiary/aromatic N) is 4. The highest BCUT2D eigenvalue weighted by molar-refractivity contribution is 6.04. The second-order valence-corrected chi connectivity index (χ2v) is 10.9. The van der Waals surface area contributed by atoms with Gasteiger partial charge in [-0.2, -0.15) is 5.10 Å². The number of rotatable bonds is 11. The largest absolute Gasteiger partial charge is 0.519 e. The van der Waals surface area contributed by atoms with E-state index in [-0.39, 0.29) is 29.5 Å². The molecule has 1 unspecified atom stereocenters. The molecule has 11 heteroatoms. The molecule has 4 aromatic rings. The van der Waals surface area contributed by atoms with E-state index in [1.807, 2.05) is 67.1 Å². The number of hydrogen-bond acceptors (Lipinski definition) is 10. The lowest BCUT2D eigenvalue weighted by Gasteiger charge is -2.21. The summed E-state index contributed by atoms with van der Waals surface area (Å²) in [5, 5.41) is 15.5. The smallest absolute Gasteiger partial charge is 0.453 e. The van der Waals surface area contributed by atoms with Gasteiger partial charge in [-0.1, -0.05) is 62.4 Å². The molecule has 44 heavy (non-hydrogen) atoms. The van der Waals surface area contributed by atoms with Gasteiger partial charge in [0.05, 0.1) is 0 Å². The third-order valence-corrected chi connectivity index (χ3v) is 7.66. The van der Waals surface area contributed by atoms with Crippen molar-refractivity contribution in [3.05, 3.63) is 99.0 Å². The fourth-order valence-corrected chi connectivity index (χ4v) is 5.04. The summed E-state index contributed by atoms with van der Waals surface area (Å²) in [7, 11) is 0. The van der Waals surface area contributed by atoms with E-state index >= 15 is 0 Å². The van der Waals surface area contributed by atoms with E-state index in [1.165, 1.54) is 0 Å². The Kier molecular flexibility index (Phi) is 9.24. The van der Waals surface area contributed by atoms with Crippen molar-refractivity contribution in [2.24, 2.45) is 10.1 Å². The van der Waals surface area contributed by atoms with E-state index in [0.717, 1.165) is 40.9 Å². The van der Waals surface area contributed by atoms with Crippen LogP contribution in [0.3, 0.4) is 0 Å². The minimum Gasteiger partial charge on any atom is -0.453 e. The van der Waals surface area contributed by atoms with Gasteiger partial charge in [-0.15, -0.1) is 0 Å². The standard InChI is InChI=1S/C33H37N5O6/c1-5-10-27-36-29(33(4,41)6-2)28(31(39)42-20-26-21(3)43-32(40)44-26)38(27)19-22-13-15-23(16-14-22)24-11-7-8-12-25(24)30-34-17-9-18-35-37-30/h7-8,11-16,18,41H,5-6,9-10,17,19-20H2,1-4H3,(H,34,37). The molecule has 0 radical (unpaired) electrons. The zero-order valence-electron chi connectivity index (χ0n) is 25.4. The summed E-state index contributed by atoms with van der Waals surface area (Å²) in [4.78, 5) is 34.5. The van der Waals surface area contributed by atoms with E-state index in [4.69, 9.17) is 18.6 Å². The summed E-state index contributed by atoms with van der Waals surface area (Å²) in [5.41, 5.74) is 6.01. The molecule has 1 aliphatic heterocycles. The van der Waals surface area contributed by atoms with Crippen LogP contribution in [0.25, 0.3) is 11.1 Å². The number of amidine groups is 1. The van der Waals surface area contributed by atoms with Gasteiger partial charge in [0.25, 0.3) is 0 Å². The van der Waals surface area contributed by atoms with Gasteiger partial charge in [-0.05, 0) is 43.4 Å². The molecule has 0 fully saturated rings. The van der Waals surface area contributed by atoms with E-state index < -0.39 is 17.4 Å². The molecular formula is C33H37N5O6. The van der Waals surface area contributed by atoms with Gasteiger partial charge < -0.3 is 23.2 Å². The lowest BCUT2D eigenvalue weighted by Crippen LogP contribution is -2.25. The number of carbonyl (C=O) groups is 1. The zero-order chi connectivity index (χ0) is 31.3. The number of hydrogen-bond donors (Lipinski definition) is 2. The molecule has 3 heterocycles. The van der Waals surface area contributed by atoms with Crippen LogP contribution in [0.4, 0.5) is 0 Å². The predicted octanol–water partition coefficient (Wildman–Crippen LogP) is 5.11. The Morgan fingerprint density at radius 3 is 2.55 bits per heavy atom. The maximum Gasteiger partial charge on any atom is 0.519 e. The Morgan fingerprint density at radius 1 is 1.11 bits per heavy atom. The minimum atomic E-state index is -1.37. The number of benzene rings is 2. The second-order valence-electron chi connectivity index (χ2n) is 10.9. The van der Waals surface area contributed by atoms with Crippen molar-refractivity contribution >= 4 is 18.0 Å². The van der Waals surface area contributed by atoms with Crippen molar-refractivity contribution in [1.82, 2.24) is 15.0 Å². The van der Waals surface area contributed by atoms with Crippen LogP contribution in [0.2, 0.25) is 0 Å². The third kappa shape index (κ3) is 6.57. The minimum absolute atomic E-state index is 0.125. The first-order chi connectivity index (χ1) is 21.2. The number of esters is 1. The first-order valence-corrected chi connectivity index (χ1v) is 14.8. The van der Waals surface area contributed by atoms with Crippen molar-refractivity contribution in [3.8, 4) is 11.1 Å². The Bertz CT molecular complexity index is 1740. The topological polar surface area (TPSA) is 144 Å². The van der Waals surface area contributed by atoms with E-state index in [9.17, 15) is 14.7 Å². The molecule has 2 aromatic carbocycles. The van der Waals surface area contributed by atoms with Crippen molar-refractivity contribution < 1.29 is 23.5 Å². The molecule has 0 spiro atoms. The number of aliphatic hydroxyl groups is 1. The van der Waals surface area contributed by atoms with Crippen molar-refractivity contribution in [1.29, 1.82) is 0 Å². The normalized spacial score (nSPS) is 14.4. The average molecular weight is 600 g/mol. The molecule has 0 bridgehead atoms. The van der Waals surface area contributed by atoms with Crippen LogP contribution in [0, 0.1) is 6.92 Å². The molecule has 0 saturated heterocycles. The molecule has 5 rings (SSSR count). The van der Waals surface area contributed by atoms with Gasteiger partial charge >= 0.3 is 11.8 Å². The summed E-state index contributed by atoms with van der Waals surface area (Å²) in [6.45, 7) is 7.75. The van der Waals surface area contributed by atoms with Gasteiger partial charge in [0, 0.05) is 37.7 Å². The molecule has 1 atom stereocenters. The number of nitrogens with one attached hydrogen (secondary N) is 1.